The Hall–Kier alpha value is -2.34. The van der Waals surface area contributed by atoms with Crippen molar-refractivity contribution < 1.29 is 13.2 Å². The lowest BCUT2D eigenvalue weighted by Crippen LogP contribution is -2.31. The number of amides is 1. The first-order valence-electron chi connectivity index (χ1n) is 8.41. The Morgan fingerprint density at radius 3 is 2.40 bits per heavy atom. The highest BCUT2D eigenvalue weighted by Crippen LogP contribution is 2.38. The maximum atomic E-state index is 12.9. The summed E-state index contributed by atoms with van der Waals surface area (Å²) in [5.74, 6) is 0.0627. The molecule has 0 unspecified atom stereocenters. The molecule has 6 heteroatoms. The Bertz CT molecular complexity index is 976. The molecule has 2 heterocycles. The third-order valence-electron chi connectivity index (χ3n) is 4.77. The number of nitrogens with zero attached hydrogens (tertiary/aromatic N) is 1. The molecule has 0 atom stereocenters. The van der Waals surface area contributed by atoms with Gasteiger partial charge in [0.25, 0.3) is 10.0 Å². The molecular formula is C19H20N2O3S. The molecule has 5 nitrogen and oxygen atoms in total. The minimum absolute atomic E-state index is 0.0627. The fourth-order valence-electron chi connectivity index (χ4n) is 3.85. The number of aryl methyl sites for hydroxylation is 3. The van der Waals surface area contributed by atoms with Crippen molar-refractivity contribution >= 4 is 27.3 Å². The molecular weight excluding hydrogens is 336 g/mol. The molecule has 0 aliphatic carbocycles. The van der Waals surface area contributed by atoms with Crippen molar-refractivity contribution in [3.63, 3.8) is 0 Å². The second-order valence-corrected chi connectivity index (χ2v) is 8.58. The molecule has 4 rings (SSSR count). The second kappa shape index (κ2) is 5.59. The number of carbonyl (C=O) groups excluding carboxylic acids is 1. The van der Waals surface area contributed by atoms with Crippen molar-refractivity contribution in [3.05, 3.63) is 52.6 Å². The van der Waals surface area contributed by atoms with Gasteiger partial charge in [0.15, 0.2) is 0 Å². The summed E-state index contributed by atoms with van der Waals surface area (Å²) in [7, 11) is -3.69. The van der Waals surface area contributed by atoms with Gasteiger partial charge in [-0.05, 0) is 73.2 Å². The van der Waals surface area contributed by atoms with Crippen LogP contribution < -0.4 is 9.62 Å². The molecule has 0 aromatic heterocycles. The molecule has 1 amide bonds. The predicted octanol–water partition coefficient (Wildman–Crippen LogP) is 2.94. The van der Waals surface area contributed by atoms with Gasteiger partial charge in [0, 0.05) is 12.2 Å². The number of nitrogens with one attached hydrogen (secondary N) is 1. The van der Waals surface area contributed by atoms with Gasteiger partial charge in [-0.3, -0.25) is 9.52 Å². The highest BCUT2D eigenvalue weighted by molar-refractivity contribution is 7.92. The molecule has 130 valence electrons. The topological polar surface area (TPSA) is 66.5 Å². The van der Waals surface area contributed by atoms with Gasteiger partial charge in [-0.2, -0.15) is 0 Å². The van der Waals surface area contributed by atoms with E-state index in [9.17, 15) is 13.2 Å². The summed E-state index contributed by atoms with van der Waals surface area (Å²) in [5.41, 5.74) is 5.27. The van der Waals surface area contributed by atoms with E-state index in [-0.39, 0.29) is 17.2 Å². The zero-order valence-corrected chi connectivity index (χ0v) is 15.1. The van der Waals surface area contributed by atoms with Crippen molar-refractivity contribution in [2.75, 3.05) is 16.2 Å². The van der Waals surface area contributed by atoms with Gasteiger partial charge >= 0.3 is 0 Å². The van der Waals surface area contributed by atoms with Crippen LogP contribution in [-0.4, -0.2) is 20.9 Å². The van der Waals surface area contributed by atoms with E-state index in [1.54, 1.807) is 17.0 Å². The highest BCUT2D eigenvalue weighted by atomic mass is 32.2. The quantitative estimate of drug-likeness (QED) is 0.919. The Morgan fingerprint density at radius 1 is 1.00 bits per heavy atom. The van der Waals surface area contributed by atoms with Crippen LogP contribution in [0.4, 0.5) is 11.4 Å². The van der Waals surface area contributed by atoms with Crippen LogP contribution in [0.5, 0.6) is 0 Å². The van der Waals surface area contributed by atoms with Gasteiger partial charge < -0.3 is 4.90 Å². The third-order valence-corrected chi connectivity index (χ3v) is 6.13. The van der Waals surface area contributed by atoms with E-state index >= 15 is 0 Å². The fraction of sp³-hybridized carbons (Fsp3) is 0.316. The molecule has 2 aliphatic rings. The first-order chi connectivity index (χ1) is 11.8. The molecule has 0 bridgehead atoms. The molecule has 0 saturated carbocycles. The number of anilines is 2. The average Bonchev–Trinajstić information content (AvgIpc) is 2.84. The van der Waals surface area contributed by atoms with E-state index in [4.69, 9.17) is 0 Å². The first-order valence-corrected chi connectivity index (χ1v) is 9.89. The van der Waals surface area contributed by atoms with Crippen molar-refractivity contribution in [1.29, 1.82) is 0 Å². The van der Waals surface area contributed by atoms with Crippen LogP contribution in [0.2, 0.25) is 0 Å². The van der Waals surface area contributed by atoms with E-state index in [1.807, 2.05) is 32.0 Å². The monoisotopic (exact) mass is 356 g/mol. The fourth-order valence-corrected chi connectivity index (χ4v) is 4.99. The molecule has 2 aromatic rings. The minimum Gasteiger partial charge on any atom is -0.312 e. The van der Waals surface area contributed by atoms with E-state index in [2.05, 4.69) is 4.72 Å². The third kappa shape index (κ3) is 2.80. The zero-order valence-electron chi connectivity index (χ0n) is 14.3. The van der Waals surface area contributed by atoms with Crippen LogP contribution in [0.25, 0.3) is 0 Å². The lowest BCUT2D eigenvalue weighted by molar-refractivity contribution is -0.117. The molecule has 0 radical (unpaired) electrons. The molecule has 25 heavy (non-hydrogen) atoms. The molecule has 2 aliphatic heterocycles. The summed E-state index contributed by atoms with van der Waals surface area (Å²) >= 11 is 0. The second-order valence-electron chi connectivity index (χ2n) is 6.90. The molecule has 2 aromatic carbocycles. The molecule has 0 fully saturated rings. The summed E-state index contributed by atoms with van der Waals surface area (Å²) < 4.78 is 28.4. The number of carbonyl (C=O) groups is 1. The Balaban J connectivity index is 1.74. The van der Waals surface area contributed by atoms with E-state index in [1.165, 1.54) is 0 Å². The van der Waals surface area contributed by atoms with E-state index < -0.39 is 10.0 Å². The van der Waals surface area contributed by atoms with E-state index in [0.717, 1.165) is 47.3 Å². The smallest absolute Gasteiger partial charge is 0.261 e. The van der Waals surface area contributed by atoms with Gasteiger partial charge in [0.2, 0.25) is 5.91 Å². The van der Waals surface area contributed by atoms with Gasteiger partial charge in [-0.25, -0.2) is 8.42 Å². The number of sulfonamides is 1. The summed E-state index contributed by atoms with van der Waals surface area (Å²) in [4.78, 5) is 14.2. The largest absolute Gasteiger partial charge is 0.312 e. The van der Waals surface area contributed by atoms with Crippen molar-refractivity contribution in [3.8, 4) is 0 Å². The minimum atomic E-state index is -3.69. The number of hydrogen-bond donors (Lipinski definition) is 1. The van der Waals surface area contributed by atoms with Crippen LogP contribution in [0.3, 0.4) is 0 Å². The summed E-state index contributed by atoms with van der Waals surface area (Å²) in [6.45, 7) is 4.60. The van der Waals surface area contributed by atoms with Crippen LogP contribution in [0, 0.1) is 13.8 Å². The number of benzene rings is 2. The first kappa shape index (κ1) is 16.1. The molecule has 0 saturated heterocycles. The highest BCUT2D eigenvalue weighted by Gasteiger charge is 2.33. The van der Waals surface area contributed by atoms with Crippen LogP contribution in [0.1, 0.15) is 28.7 Å². The summed E-state index contributed by atoms with van der Waals surface area (Å²) in [6.07, 6.45) is 1.96. The summed E-state index contributed by atoms with van der Waals surface area (Å²) in [5, 5.41) is 0. The Kier molecular flexibility index (Phi) is 3.61. The zero-order chi connectivity index (χ0) is 17.8. The molecule has 0 spiro atoms. The average molecular weight is 356 g/mol. The van der Waals surface area contributed by atoms with Crippen LogP contribution in [-0.2, 0) is 27.7 Å². The van der Waals surface area contributed by atoms with Gasteiger partial charge in [-0.1, -0.05) is 6.07 Å². The summed E-state index contributed by atoms with van der Waals surface area (Å²) in [6, 6.07) is 8.99. The van der Waals surface area contributed by atoms with E-state index in [0.29, 0.717) is 5.69 Å². The Labute approximate surface area is 147 Å². The SMILES string of the molecule is Cc1cc(C)cc(NS(=O)(=O)c2cc3c4c(c2)CC(=O)N4CCC3)c1. The number of rotatable bonds is 3. The van der Waals surface area contributed by atoms with Crippen LogP contribution in [0.15, 0.2) is 35.2 Å². The lowest BCUT2D eigenvalue weighted by atomic mass is 10.0. The van der Waals surface area contributed by atoms with Gasteiger partial charge in [-0.15, -0.1) is 0 Å². The number of hydrogen-bond acceptors (Lipinski definition) is 3. The van der Waals surface area contributed by atoms with Gasteiger partial charge in [0.1, 0.15) is 0 Å². The van der Waals surface area contributed by atoms with Crippen molar-refractivity contribution in [2.45, 2.75) is 38.0 Å². The predicted molar refractivity (Wildman–Crippen MR) is 97.5 cm³/mol. The maximum Gasteiger partial charge on any atom is 0.261 e. The van der Waals surface area contributed by atoms with Crippen LogP contribution >= 0.6 is 0 Å². The van der Waals surface area contributed by atoms with Crippen molar-refractivity contribution in [2.24, 2.45) is 0 Å². The Morgan fingerprint density at radius 2 is 1.68 bits per heavy atom. The standard InChI is InChI=1S/C19H20N2O3S/c1-12-6-13(2)8-16(7-12)20-25(23,24)17-9-14-4-3-5-21-18(22)11-15(10-17)19(14)21/h6-10,20H,3-5,11H2,1-2H3. The maximum absolute atomic E-state index is 12.9. The van der Waals surface area contributed by atoms with Crippen molar-refractivity contribution in [1.82, 2.24) is 0 Å². The van der Waals surface area contributed by atoms with Gasteiger partial charge in [0.05, 0.1) is 17.0 Å². The normalized spacial score (nSPS) is 16.1. The lowest BCUT2D eigenvalue weighted by Gasteiger charge is -2.26. The molecule has 1 N–H and O–H groups in total.